The lowest BCUT2D eigenvalue weighted by molar-refractivity contribution is -0.122. The minimum Gasteiger partial charge on any atom is -0.497 e. The van der Waals surface area contributed by atoms with E-state index in [0.717, 1.165) is 0 Å². The fourth-order valence-corrected chi connectivity index (χ4v) is 3.31. The van der Waals surface area contributed by atoms with Crippen LogP contribution in [-0.2, 0) is 9.59 Å². The molecule has 142 valence electrons. The molecule has 27 heavy (non-hydrogen) atoms. The van der Waals surface area contributed by atoms with Crippen molar-refractivity contribution in [1.82, 2.24) is 0 Å². The van der Waals surface area contributed by atoms with Crippen LogP contribution < -0.4 is 19.7 Å². The number of carbonyl (C=O) groups excluding carboxylic acids is 2. The van der Waals surface area contributed by atoms with E-state index in [1.807, 2.05) is 0 Å². The van der Waals surface area contributed by atoms with Crippen LogP contribution in [-0.4, -0.2) is 32.6 Å². The van der Waals surface area contributed by atoms with Crippen LogP contribution in [0.4, 0.5) is 11.4 Å². The van der Waals surface area contributed by atoms with E-state index in [0.29, 0.717) is 27.9 Å². The van der Waals surface area contributed by atoms with Crippen LogP contribution in [0.3, 0.4) is 0 Å². The fourth-order valence-electron chi connectivity index (χ4n) is 2.96. The molecule has 0 radical (unpaired) electrons. The summed E-state index contributed by atoms with van der Waals surface area (Å²) >= 11 is 12.1. The van der Waals surface area contributed by atoms with Crippen molar-refractivity contribution in [2.75, 3.05) is 31.0 Å². The van der Waals surface area contributed by atoms with Gasteiger partial charge in [0.15, 0.2) is 0 Å². The van der Waals surface area contributed by atoms with E-state index in [2.05, 4.69) is 5.32 Å². The highest BCUT2D eigenvalue weighted by molar-refractivity contribution is 6.44. The Labute approximate surface area is 167 Å². The summed E-state index contributed by atoms with van der Waals surface area (Å²) in [6.07, 6.45) is 0.0877. The van der Waals surface area contributed by atoms with E-state index in [9.17, 15) is 9.59 Å². The maximum Gasteiger partial charge on any atom is 0.229 e. The lowest BCUT2D eigenvalue weighted by Gasteiger charge is -2.20. The van der Waals surface area contributed by atoms with Crippen LogP contribution >= 0.6 is 23.2 Å². The summed E-state index contributed by atoms with van der Waals surface area (Å²) in [5, 5.41) is 3.36. The minimum absolute atomic E-state index is 0.0877. The Kier molecular flexibility index (Phi) is 5.77. The molecule has 1 fully saturated rings. The van der Waals surface area contributed by atoms with Gasteiger partial charge in [0.25, 0.3) is 0 Å². The van der Waals surface area contributed by atoms with E-state index in [-0.39, 0.29) is 29.8 Å². The second-order valence-corrected chi connectivity index (χ2v) is 6.82. The van der Waals surface area contributed by atoms with Crippen LogP contribution in [0.1, 0.15) is 6.42 Å². The highest BCUT2D eigenvalue weighted by Gasteiger charge is 2.36. The number of ether oxygens (including phenoxy) is 2. The third-order valence-corrected chi connectivity index (χ3v) is 5.20. The number of hydrogen-bond acceptors (Lipinski definition) is 4. The number of hydrogen-bond donors (Lipinski definition) is 1. The van der Waals surface area contributed by atoms with Gasteiger partial charge in [0, 0.05) is 19.0 Å². The van der Waals surface area contributed by atoms with Crippen LogP contribution in [0, 0.1) is 5.92 Å². The molecule has 8 heteroatoms. The predicted octanol–water partition coefficient (Wildman–Crippen LogP) is 4.00. The summed E-state index contributed by atoms with van der Waals surface area (Å²) in [5.74, 6) is 0.138. The number of halogens is 2. The molecule has 1 saturated heterocycles. The molecular formula is C19H18Cl2N2O4. The molecule has 0 unspecified atom stereocenters. The SMILES string of the molecule is COc1ccc(OC)c(N2C[C@@H](C(=O)Nc3cccc(Cl)c3Cl)CC2=O)c1. The van der Waals surface area contributed by atoms with Gasteiger partial charge in [0.2, 0.25) is 11.8 Å². The first-order valence-corrected chi connectivity index (χ1v) is 8.97. The molecule has 2 amide bonds. The van der Waals surface area contributed by atoms with Gasteiger partial charge in [-0.2, -0.15) is 0 Å². The average Bonchev–Trinajstić information content (AvgIpc) is 3.06. The Morgan fingerprint density at radius 2 is 1.96 bits per heavy atom. The molecule has 1 aliphatic heterocycles. The highest BCUT2D eigenvalue weighted by atomic mass is 35.5. The molecule has 0 bridgehead atoms. The predicted molar refractivity (Wildman–Crippen MR) is 105 cm³/mol. The Hall–Kier alpha value is -2.44. The topological polar surface area (TPSA) is 67.9 Å². The van der Waals surface area contributed by atoms with Gasteiger partial charge < -0.3 is 19.7 Å². The Bertz CT molecular complexity index is 888. The number of rotatable bonds is 5. The highest BCUT2D eigenvalue weighted by Crippen LogP contribution is 2.36. The molecule has 1 N–H and O–H groups in total. The minimum atomic E-state index is -0.525. The lowest BCUT2D eigenvalue weighted by Crippen LogP contribution is -2.28. The van der Waals surface area contributed by atoms with E-state index >= 15 is 0 Å². The summed E-state index contributed by atoms with van der Waals surface area (Å²) in [6.45, 7) is 0.229. The summed E-state index contributed by atoms with van der Waals surface area (Å²) in [6, 6.07) is 10.2. The number of nitrogens with one attached hydrogen (secondary N) is 1. The normalized spacial score (nSPS) is 16.4. The molecule has 6 nitrogen and oxygen atoms in total. The van der Waals surface area contributed by atoms with Crippen molar-refractivity contribution in [2.24, 2.45) is 5.92 Å². The number of nitrogens with zero attached hydrogens (tertiary/aromatic N) is 1. The van der Waals surface area contributed by atoms with Gasteiger partial charge in [-0.05, 0) is 24.3 Å². The fraction of sp³-hybridized carbons (Fsp3) is 0.263. The largest absolute Gasteiger partial charge is 0.497 e. The molecule has 2 aromatic carbocycles. The molecule has 0 aliphatic carbocycles. The standard InChI is InChI=1S/C19H18Cl2N2O4/c1-26-12-6-7-16(27-2)15(9-12)23-10-11(8-17(23)24)19(25)22-14-5-3-4-13(20)18(14)21/h3-7,9,11H,8,10H2,1-2H3,(H,22,25)/t11-/m0/s1. The molecule has 0 aromatic heterocycles. The molecule has 1 aliphatic rings. The molecular weight excluding hydrogens is 391 g/mol. The summed E-state index contributed by atoms with van der Waals surface area (Å²) in [4.78, 5) is 26.7. The maximum atomic E-state index is 12.6. The smallest absolute Gasteiger partial charge is 0.229 e. The number of benzene rings is 2. The molecule has 3 rings (SSSR count). The Balaban J connectivity index is 1.79. The van der Waals surface area contributed by atoms with Gasteiger partial charge in [-0.3, -0.25) is 9.59 Å². The number of methoxy groups -OCH3 is 2. The first-order chi connectivity index (χ1) is 12.9. The van der Waals surface area contributed by atoms with Crippen LogP contribution in [0.15, 0.2) is 36.4 Å². The summed E-state index contributed by atoms with van der Waals surface area (Å²) in [7, 11) is 3.07. The Morgan fingerprint density at radius 1 is 1.19 bits per heavy atom. The van der Waals surface area contributed by atoms with E-state index < -0.39 is 5.92 Å². The Morgan fingerprint density at radius 3 is 2.67 bits per heavy atom. The third-order valence-electron chi connectivity index (χ3n) is 4.38. The van der Waals surface area contributed by atoms with Crippen molar-refractivity contribution in [3.63, 3.8) is 0 Å². The first-order valence-electron chi connectivity index (χ1n) is 8.22. The van der Waals surface area contributed by atoms with Crippen molar-refractivity contribution in [2.45, 2.75) is 6.42 Å². The van der Waals surface area contributed by atoms with Gasteiger partial charge in [-0.15, -0.1) is 0 Å². The van der Waals surface area contributed by atoms with Crippen molar-refractivity contribution < 1.29 is 19.1 Å². The molecule has 1 heterocycles. The van der Waals surface area contributed by atoms with Crippen molar-refractivity contribution in [3.8, 4) is 11.5 Å². The van der Waals surface area contributed by atoms with Gasteiger partial charge in [0.05, 0.1) is 41.6 Å². The van der Waals surface area contributed by atoms with Crippen LogP contribution in [0.5, 0.6) is 11.5 Å². The van der Waals surface area contributed by atoms with Crippen molar-refractivity contribution in [1.29, 1.82) is 0 Å². The molecule has 0 saturated carbocycles. The molecule has 0 spiro atoms. The second kappa shape index (κ2) is 8.06. The van der Waals surface area contributed by atoms with Crippen LogP contribution in [0.2, 0.25) is 10.0 Å². The third kappa shape index (κ3) is 3.96. The quantitative estimate of drug-likeness (QED) is 0.811. The monoisotopic (exact) mass is 408 g/mol. The zero-order valence-electron chi connectivity index (χ0n) is 14.8. The average molecular weight is 409 g/mol. The summed E-state index contributed by atoms with van der Waals surface area (Å²) < 4.78 is 10.6. The van der Waals surface area contributed by atoms with Gasteiger partial charge in [-0.25, -0.2) is 0 Å². The van der Waals surface area contributed by atoms with Gasteiger partial charge in [0.1, 0.15) is 11.5 Å². The van der Waals surface area contributed by atoms with Gasteiger partial charge >= 0.3 is 0 Å². The zero-order chi connectivity index (χ0) is 19.6. The van der Waals surface area contributed by atoms with E-state index in [1.165, 1.54) is 12.0 Å². The first kappa shape index (κ1) is 19.3. The van der Waals surface area contributed by atoms with Crippen molar-refractivity contribution >= 4 is 46.4 Å². The lowest BCUT2D eigenvalue weighted by atomic mass is 10.1. The maximum absolute atomic E-state index is 12.6. The zero-order valence-corrected chi connectivity index (χ0v) is 16.3. The molecule has 2 aromatic rings. The summed E-state index contributed by atoms with van der Waals surface area (Å²) in [5.41, 5.74) is 0.983. The number of carbonyl (C=O) groups is 2. The van der Waals surface area contributed by atoms with E-state index in [4.69, 9.17) is 32.7 Å². The second-order valence-electron chi connectivity index (χ2n) is 6.03. The van der Waals surface area contributed by atoms with Gasteiger partial charge in [-0.1, -0.05) is 29.3 Å². The molecule has 1 atom stereocenters. The van der Waals surface area contributed by atoms with Crippen molar-refractivity contribution in [3.05, 3.63) is 46.4 Å². The number of amides is 2. The van der Waals surface area contributed by atoms with Crippen LogP contribution in [0.25, 0.3) is 0 Å². The van der Waals surface area contributed by atoms with E-state index in [1.54, 1.807) is 43.5 Å². The number of anilines is 2.